The van der Waals surface area contributed by atoms with Gasteiger partial charge < -0.3 is 15.3 Å². The fourth-order valence-corrected chi connectivity index (χ4v) is 2.30. The topological polar surface area (TPSA) is 90.0 Å². The second-order valence-corrected chi connectivity index (χ2v) is 6.81. The van der Waals surface area contributed by atoms with E-state index in [1.54, 1.807) is 11.2 Å². The first-order valence-electron chi connectivity index (χ1n) is 6.69. The van der Waals surface area contributed by atoms with E-state index in [0.29, 0.717) is 32.7 Å². The third-order valence-corrected chi connectivity index (χ3v) is 4.64. The van der Waals surface area contributed by atoms with Crippen molar-refractivity contribution in [3.05, 3.63) is 0 Å². The number of amides is 2. The van der Waals surface area contributed by atoms with Gasteiger partial charge >= 0.3 is 12.0 Å². The summed E-state index contributed by atoms with van der Waals surface area (Å²) >= 11 is 0. The lowest BCUT2D eigenvalue weighted by atomic mass is 10.4. The minimum absolute atomic E-state index is 0.0152. The van der Waals surface area contributed by atoms with Crippen molar-refractivity contribution in [2.24, 2.45) is 0 Å². The van der Waals surface area contributed by atoms with Gasteiger partial charge in [0.1, 0.15) is 0 Å². The number of carbonyl (C=O) groups is 2. The van der Waals surface area contributed by atoms with Crippen LogP contribution in [0.15, 0.2) is 0 Å². The number of carbonyl (C=O) groups excluding carboxylic acids is 1. The summed E-state index contributed by atoms with van der Waals surface area (Å²) in [5.74, 6) is -0.845. The molecule has 1 rings (SSSR count). The second kappa shape index (κ2) is 8.21. The third kappa shape index (κ3) is 5.87. The average molecular weight is 305 g/mol. The van der Waals surface area contributed by atoms with Gasteiger partial charge in [0.25, 0.3) is 0 Å². The van der Waals surface area contributed by atoms with Crippen LogP contribution in [0.5, 0.6) is 0 Å². The van der Waals surface area contributed by atoms with Crippen LogP contribution >= 0.6 is 0 Å². The Labute approximate surface area is 121 Å². The molecule has 1 aliphatic heterocycles. The first kappa shape index (κ1) is 16.9. The summed E-state index contributed by atoms with van der Waals surface area (Å²) in [6, 6.07) is -0.167. The molecule has 0 bridgehead atoms. The van der Waals surface area contributed by atoms with Gasteiger partial charge in [-0.3, -0.25) is 13.9 Å². The number of rotatable bonds is 5. The van der Waals surface area contributed by atoms with Gasteiger partial charge in [0.05, 0.1) is 6.54 Å². The monoisotopic (exact) mass is 305 g/mol. The van der Waals surface area contributed by atoms with Gasteiger partial charge in [-0.2, -0.15) is 0 Å². The Kier molecular flexibility index (Phi) is 6.94. The number of aliphatic carboxylic acids is 1. The molecule has 2 amide bonds. The van der Waals surface area contributed by atoms with E-state index in [-0.39, 0.29) is 17.8 Å². The molecular formula is C12H23N3O4S. The fraction of sp³-hybridized carbons (Fsp3) is 0.833. The molecule has 8 heteroatoms. The third-order valence-electron chi connectivity index (χ3n) is 3.34. The van der Waals surface area contributed by atoms with Crippen molar-refractivity contribution < 1.29 is 18.9 Å². The van der Waals surface area contributed by atoms with Gasteiger partial charge in [-0.1, -0.05) is 0 Å². The summed E-state index contributed by atoms with van der Waals surface area (Å²) in [5.41, 5.74) is 0. The summed E-state index contributed by atoms with van der Waals surface area (Å²) in [7, 11) is -0.954. The Hall–Kier alpha value is -1.15. The lowest BCUT2D eigenvalue weighted by Gasteiger charge is -2.22. The van der Waals surface area contributed by atoms with Crippen LogP contribution in [0, 0.1) is 0 Å². The lowest BCUT2D eigenvalue weighted by Crippen LogP contribution is -2.44. The van der Waals surface area contributed by atoms with Crippen molar-refractivity contribution in [1.82, 2.24) is 15.1 Å². The van der Waals surface area contributed by atoms with Crippen molar-refractivity contribution in [1.29, 1.82) is 0 Å². The summed E-state index contributed by atoms with van der Waals surface area (Å²) in [6.45, 7) is 4.61. The number of nitrogens with one attached hydrogen (secondary N) is 1. The number of carboxylic acid groups (broad SMARTS) is 1. The highest BCUT2D eigenvalue weighted by Crippen LogP contribution is 2.03. The zero-order valence-corrected chi connectivity index (χ0v) is 12.8. The molecule has 0 aliphatic carbocycles. The van der Waals surface area contributed by atoms with E-state index in [2.05, 4.69) is 5.32 Å². The summed E-state index contributed by atoms with van der Waals surface area (Å²) < 4.78 is 11.2. The molecule has 0 aromatic rings. The van der Waals surface area contributed by atoms with Gasteiger partial charge in [0.15, 0.2) is 0 Å². The number of carboxylic acids is 1. The van der Waals surface area contributed by atoms with Crippen molar-refractivity contribution in [3.63, 3.8) is 0 Å². The van der Waals surface area contributed by atoms with Crippen molar-refractivity contribution in [3.8, 4) is 0 Å². The zero-order chi connectivity index (χ0) is 15.1. The first-order valence-corrected chi connectivity index (χ1v) is 8.31. The molecule has 2 unspecified atom stereocenters. The molecule has 0 spiro atoms. The molecule has 0 radical (unpaired) electrons. The number of hydrogen-bond acceptors (Lipinski definition) is 4. The molecule has 20 heavy (non-hydrogen) atoms. The van der Waals surface area contributed by atoms with E-state index in [1.807, 2.05) is 11.8 Å². The molecule has 0 aromatic heterocycles. The highest BCUT2D eigenvalue weighted by atomic mass is 32.2. The Balaban J connectivity index is 2.38. The van der Waals surface area contributed by atoms with Crippen LogP contribution in [0.4, 0.5) is 4.79 Å². The van der Waals surface area contributed by atoms with Gasteiger partial charge in [-0.15, -0.1) is 0 Å². The summed E-state index contributed by atoms with van der Waals surface area (Å²) in [4.78, 5) is 26.2. The van der Waals surface area contributed by atoms with Crippen LogP contribution < -0.4 is 5.32 Å². The van der Waals surface area contributed by atoms with Crippen molar-refractivity contribution in [2.75, 3.05) is 45.5 Å². The standard InChI is InChI=1S/C12H23N3O4S/c1-10(20(2)19)8-13-12(18)15-5-3-4-14(6-7-15)9-11(16)17/h10H,3-9H2,1-2H3,(H,13,18)(H,16,17). The molecule has 1 heterocycles. The van der Waals surface area contributed by atoms with Crippen LogP contribution in [0.25, 0.3) is 0 Å². The van der Waals surface area contributed by atoms with Crippen LogP contribution in [-0.2, 0) is 15.6 Å². The molecule has 1 aliphatic rings. The van der Waals surface area contributed by atoms with E-state index in [4.69, 9.17) is 5.11 Å². The van der Waals surface area contributed by atoms with Crippen LogP contribution in [-0.4, -0.2) is 81.9 Å². The number of nitrogens with zero attached hydrogens (tertiary/aromatic N) is 2. The fourth-order valence-electron chi connectivity index (χ4n) is 1.98. The maximum atomic E-state index is 12.0. The normalized spacial score (nSPS) is 20.0. The lowest BCUT2D eigenvalue weighted by molar-refractivity contribution is -0.138. The van der Waals surface area contributed by atoms with E-state index in [9.17, 15) is 13.8 Å². The van der Waals surface area contributed by atoms with Crippen LogP contribution in [0.3, 0.4) is 0 Å². The summed E-state index contributed by atoms with van der Waals surface area (Å²) in [5, 5.41) is 11.5. The van der Waals surface area contributed by atoms with Crippen molar-refractivity contribution >= 4 is 22.8 Å². The maximum Gasteiger partial charge on any atom is 0.317 e. The van der Waals surface area contributed by atoms with Crippen LogP contribution in [0.1, 0.15) is 13.3 Å². The summed E-state index contributed by atoms with van der Waals surface area (Å²) in [6.07, 6.45) is 2.38. The largest absolute Gasteiger partial charge is 0.480 e. The molecule has 1 saturated heterocycles. The Morgan fingerprint density at radius 3 is 2.60 bits per heavy atom. The molecule has 2 N–H and O–H groups in total. The molecule has 1 fully saturated rings. The number of urea groups is 1. The van der Waals surface area contributed by atoms with E-state index < -0.39 is 16.8 Å². The van der Waals surface area contributed by atoms with E-state index in [1.165, 1.54) is 0 Å². The minimum Gasteiger partial charge on any atom is -0.480 e. The highest BCUT2D eigenvalue weighted by Gasteiger charge is 2.20. The second-order valence-electron chi connectivity index (χ2n) is 5.01. The molecular weight excluding hydrogens is 282 g/mol. The quantitative estimate of drug-likeness (QED) is 0.718. The highest BCUT2D eigenvalue weighted by molar-refractivity contribution is 7.84. The Bertz CT molecular complexity index is 378. The Morgan fingerprint density at radius 1 is 1.30 bits per heavy atom. The van der Waals surface area contributed by atoms with E-state index in [0.717, 1.165) is 6.42 Å². The van der Waals surface area contributed by atoms with E-state index >= 15 is 0 Å². The molecule has 0 saturated carbocycles. The smallest absolute Gasteiger partial charge is 0.317 e. The molecule has 7 nitrogen and oxygen atoms in total. The maximum absolute atomic E-state index is 12.0. The Morgan fingerprint density at radius 2 is 2.00 bits per heavy atom. The zero-order valence-electron chi connectivity index (χ0n) is 12.0. The van der Waals surface area contributed by atoms with Crippen molar-refractivity contribution in [2.45, 2.75) is 18.6 Å². The average Bonchev–Trinajstić information content (AvgIpc) is 2.60. The molecule has 116 valence electrons. The molecule has 0 aromatic carbocycles. The van der Waals surface area contributed by atoms with Gasteiger partial charge in [0, 0.05) is 55.0 Å². The van der Waals surface area contributed by atoms with Gasteiger partial charge in [-0.25, -0.2) is 4.79 Å². The predicted octanol–water partition coefficient (Wildman–Crippen LogP) is -0.445. The van der Waals surface area contributed by atoms with Gasteiger partial charge in [0.2, 0.25) is 0 Å². The molecule has 2 atom stereocenters. The predicted molar refractivity (Wildman–Crippen MR) is 77.2 cm³/mol. The van der Waals surface area contributed by atoms with Crippen LogP contribution in [0.2, 0.25) is 0 Å². The first-order chi connectivity index (χ1) is 9.40. The SMILES string of the molecule is CC(CNC(=O)N1CCCN(CC(=O)O)CC1)S(C)=O. The van der Waals surface area contributed by atoms with Gasteiger partial charge in [-0.05, 0) is 13.3 Å². The number of hydrogen-bond donors (Lipinski definition) is 2. The minimum atomic E-state index is -0.954.